The molecule has 2 fully saturated rings. The number of rotatable bonds is 4. The molecule has 0 radical (unpaired) electrons. The lowest BCUT2D eigenvalue weighted by Crippen LogP contribution is -2.46. The molecule has 21 heavy (non-hydrogen) atoms. The Morgan fingerprint density at radius 3 is 2.76 bits per heavy atom. The first-order valence-corrected chi connectivity index (χ1v) is 9.43. The van der Waals surface area contributed by atoms with Gasteiger partial charge in [-0.3, -0.25) is 0 Å². The van der Waals surface area contributed by atoms with Crippen molar-refractivity contribution in [3.05, 3.63) is 10.6 Å². The molecule has 1 aliphatic heterocycles. The molecule has 118 valence electrons. The van der Waals surface area contributed by atoms with E-state index in [9.17, 15) is 0 Å². The summed E-state index contributed by atoms with van der Waals surface area (Å²) in [6, 6.07) is 0.765. The Hall–Kier alpha value is -0.610. The third-order valence-corrected chi connectivity index (χ3v) is 6.20. The van der Waals surface area contributed by atoms with Crippen molar-refractivity contribution in [1.29, 1.82) is 0 Å². The number of anilines is 1. The van der Waals surface area contributed by atoms with Gasteiger partial charge in [0, 0.05) is 24.0 Å². The number of hydrogen-bond donors (Lipinski definition) is 1. The summed E-state index contributed by atoms with van der Waals surface area (Å²) < 4.78 is 0. The minimum Gasteiger partial charge on any atom is -0.345 e. The Bertz CT molecular complexity index is 467. The molecule has 1 aromatic heterocycles. The molecule has 1 saturated carbocycles. The Morgan fingerprint density at radius 2 is 2.00 bits per heavy atom. The van der Waals surface area contributed by atoms with Crippen LogP contribution in [0.5, 0.6) is 0 Å². The monoisotopic (exact) mass is 307 g/mol. The molecule has 0 aromatic carbocycles. The van der Waals surface area contributed by atoms with E-state index in [1.807, 2.05) is 18.4 Å². The zero-order chi connectivity index (χ0) is 14.8. The van der Waals surface area contributed by atoms with Crippen LogP contribution >= 0.6 is 11.3 Å². The van der Waals surface area contributed by atoms with E-state index in [0.29, 0.717) is 5.92 Å². The van der Waals surface area contributed by atoms with E-state index in [-0.39, 0.29) is 0 Å². The van der Waals surface area contributed by atoms with Gasteiger partial charge in [0.15, 0.2) is 5.13 Å². The average Bonchev–Trinajstić information content (AvgIpc) is 2.91. The van der Waals surface area contributed by atoms with Crippen molar-refractivity contribution >= 4 is 16.5 Å². The van der Waals surface area contributed by atoms with Crippen LogP contribution in [0.15, 0.2) is 0 Å². The molecule has 2 atom stereocenters. The minimum atomic E-state index is 0.519. The van der Waals surface area contributed by atoms with Gasteiger partial charge in [-0.15, -0.1) is 11.3 Å². The highest BCUT2D eigenvalue weighted by Gasteiger charge is 2.35. The lowest BCUT2D eigenvalue weighted by molar-refractivity contribution is 0.243. The third-order valence-electron chi connectivity index (χ3n) is 5.09. The Morgan fingerprint density at radius 1 is 1.24 bits per heavy atom. The normalized spacial score (nSPS) is 26.2. The van der Waals surface area contributed by atoms with E-state index < -0.39 is 0 Å². The highest BCUT2D eigenvalue weighted by Crippen LogP contribution is 2.40. The highest BCUT2D eigenvalue weighted by molar-refractivity contribution is 7.15. The van der Waals surface area contributed by atoms with Crippen molar-refractivity contribution in [2.45, 2.75) is 70.9 Å². The van der Waals surface area contributed by atoms with Crippen LogP contribution in [0.1, 0.15) is 68.9 Å². The lowest BCUT2D eigenvalue weighted by Gasteiger charge is -2.44. The minimum absolute atomic E-state index is 0.519. The van der Waals surface area contributed by atoms with Crippen molar-refractivity contribution < 1.29 is 0 Å². The van der Waals surface area contributed by atoms with Gasteiger partial charge in [0.2, 0.25) is 0 Å². The van der Waals surface area contributed by atoms with Gasteiger partial charge >= 0.3 is 0 Å². The summed E-state index contributed by atoms with van der Waals surface area (Å²) in [6.45, 7) is 6.69. The smallest absolute Gasteiger partial charge is 0.186 e. The summed E-state index contributed by atoms with van der Waals surface area (Å²) in [7, 11) is 2.03. The zero-order valence-corrected chi connectivity index (χ0v) is 14.5. The molecule has 3 rings (SSSR count). The quantitative estimate of drug-likeness (QED) is 0.906. The van der Waals surface area contributed by atoms with Crippen molar-refractivity contribution in [2.75, 3.05) is 18.5 Å². The van der Waals surface area contributed by atoms with Gasteiger partial charge in [0.25, 0.3) is 0 Å². The predicted molar refractivity (Wildman–Crippen MR) is 91.3 cm³/mol. The fraction of sp³-hybridized carbons (Fsp3) is 0.824. The third kappa shape index (κ3) is 3.11. The van der Waals surface area contributed by atoms with Crippen molar-refractivity contribution in [1.82, 2.24) is 10.3 Å². The molecule has 3 nitrogen and oxygen atoms in total. The molecule has 2 aliphatic rings. The summed E-state index contributed by atoms with van der Waals surface area (Å²) in [6.07, 6.45) is 8.44. The van der Waals surface area contributed by atoms with E-state index in [2.05, 4.69) is 24.1 Å². The van der Waals surface area contributed by atoms with Crippen molar-refractivity contribution in [3.63, 3.8) is 0 Å². The number of hydrogen-bond acceptors (Lipinski definition) is 4. The van der Waals surface area contributed by atoms with Gasteiger partial charge in [-0.2, -0.15) is 0 Å². The van der Waals surface area contributed by atoms with Crippen LogP contribution in [0.2, 0.25) is 0 Å². The largest absolute Gasteiger partial charge is 0.345 e. The molecule has 1 N–H and O–H groups in total. The standard InChI is InChI=1S/C17H29N3S/c1-12(2)16-15(11-18-3)21-17(19-16)20-10-6-8-13-7-4-5-9-14(13)20/h12-14,18H,4-11H2,1-3H3. The number of fused-ring (bicyclic) bond motifs is 1. The van der Waals surface area contributed by atoms with Crippen LogP contribution in [-0.4, -0.2) is 24.6 Å². The van der Waals surface area contributed by atoms with Crippen LogP contribution in [-0.2, 0) is 6.54 Å². The molecule has 0 bridgehead atoms. The molecule has 2 unspecified atom stereocenters. The van der Waals surface area contributed by atoms with Crippen molar-refractivity contribution in [2.24, 2.45) is 5.92 Å². The molecule has 0 spiro atoms. The second-order valence-corrected chi connectivity index (χ2v) is 8.00. The summed E-state index contributed by atoms with van der Waals surface area (Å²) in [4.78, 5) is 9.13. The molecular formula is C17H29N3S. The zero-order valence-electron chi connectivity index (χ0n) is 13.7. The molecule has 2 heterocycles. The van der Waals surface area contributed by atoms with E-state index in [1.54, 1.807) is 0 Å². The van der Waals surface area contributed by atoms with Gasteiger partial charge in [0.05, 0.1) is 5.69 Å². The molecular weight excluding hydrogens is 278 g/mol. The maximum atomic E-state index is 5.05. The summed E-state index contributed by atoms with van der Waals surface area (Å²) >= 11 is 1.93. The molecule has 4 heteroatoms. The summed E-state index contributed by atoms with van der Waals surface area (Å²) in [5.41, 5.74) is 1.31. The average molecular weight is 308 g/mol. The second-order valence-electron chi connectivity index (χ2n) is 6.94. The molecule has 1 aliphatic carbocycles. The Kier molecular flexibility index (Phi) is 4.85. The maximum Gasteiger partial charge on any atom is 0.186 e. The van der Waals surface area contributed by atoms with Gasteiger partial charge in [-0.05, 0) is 44.6 Å². The maximum absolute atomic E-state index is 5.05. The Balaban J connectivity index is 1.86. The number of aromatic nitrogens is 1. The van der Waals surface area contributed by atoms with Crippen LogP contribution < -0.4 is 10.2 Å². The number of piperidine rings is 1. The number of thiazole rings is 1. The van der Waals surface area contributed by atoms with Crippen LogP contribution in [0.25, 0.3) is 0 Å². The molecule has 0 amide bonds. The van der Waals surface area contributed by atoms with E-state index >= 15 is 0 Å². The van der Waals surface area contributed by atoms with Crippen molar-refractivity contribution in [3.8, 4) is 0 Å². The fourth-order valence-electron chi connectivity index (χ4n) is 4.07. The van der Waals surface area contributed by atoms with Gasteiger partial charge in [0.1, 0.15) is 0 Å². The lowest BCUT2D eigenvalue weighted by atomic mass is 9.78. The van der Waals surface area contributed by atoms with Gasteiger partial charge in [-0.1, -0.05) is 26.7 Å². The highest BCUT2D eigenvalue weighted by atomic mass is 32.1. The summed E-state index contributed by atoms with van der Waals surface area (Å²) in [5.74, 6) is 1.44. The van der Waals surface area contributed by atoms with Gasteiger partial charge in [-0.25, -0.2) is 4.98 Å². The summed E-state index contributed by atoms with van der Waals surface area (Å²) in [5, 5.41) is 4.60. The first-order valence-electron chi connectivity index (χ1n) is 8.61. The molecule has 1 aromatic rings. The van der Waals surface area contributed by atoms with Gasteiger partial charge < -0.3 is 10.2 Å². The van der Waals surface area contributed by atoms with Crippen LogP contribution in [0.4, 0.5) is 5.13 Å². The van der Waals surface area contributed by atoms with E-state index in [1.165, 1.54) is 60.8 Å². The second kappa shape index (κ2) is 6.66. The number of nitrogens with zero attached hydrogens (tertiary/aromatic N) is 2. The first kappa shape index (κ1) is 15.3. The van der Waals surface area contributed by atoms with E-state index in [0.717, 1.165) is 18.5 Å². The van der Waals surface area contributed by atoms with E-state index in [4.69, 9.17) is 4.98 Å². The molecule has 1 saturated heterocycles. The number of nitrogens with one attached hydrogen (secondary N) is 1. The first-order chi connectivity index (χ1) is 10.2. The fourth-order valence-corrected chi connectivity index (χ4v) is 5.38. The SMILES string of the molecule is CNCc1sc(N2CCCC3CCCCC32)nc1C(C)C. The van der Waals surface area contributed by atoms with Crippen LogP contribution in [0.3, 0.4) is 0 Å². The Labute approximate surface area is 133 Å². The van der Waals surface area contributed by atoms with Crippen LogP contribution in [0, 0.1) is 5.92 Å². The topological polar surface area (TPSA) is 28.2 Å². The predicted octanol–water partition coefficient (Wildman–Crippen LogP) is 4.14.